The molecular weight excluding hydrogens is 296 g/mol. The van der Waals surface area contributed by atoms with Crippen LogP contribution in [-0.2, 0) is 0 Å². The Balaban J connectivity index is 2.25. The number of rotatable bonds is 4. The normalized spacial score (nSPS) is 15.3. The average Bonchev–Trinajstić information content (AvgIpc) is 2.37. The highest BCUT2D eigenvalue weighted by atomic mass is 79.9. The van der Waals surface area contributed by atoms with E-state index >= 15 is 0 Å². The van der Waals surface area contributed by atoms with Gasteiger partial charge in [0.25, 0.3) is 0 Å². The second-order valence-electron chi connectivity index (χ2n) is 4.62. The van der Waals surface area contributed by atoms with E-state index in [1.54, 1.807) is 6.07 Å². The summed E-state index contributed by atoms with van der Waals surface area (Å²) in [6, 6.07) is 3.60. The molecule has 18 heavy (non-hydrogen) atoms. The molecule has 3 nitrogen and oxygen atoms in total. The van der Waals surface area contributed by atoms with Crippen LogP contribution in [0, 0.1) is 5.92 Å². The van der Waals surface area contributed by atoms with Crippen LogP contribution in [0.1, 0.15) is 37.0 Å². The standard InChI is InChI=1S/C14H17BrO3/c1-3-9(2)6-12(16)10-7-13-14(8-11(10)15)18-5-4-17-13/h7-9H,3-6H2,1-2H3. The first-order valence-corrected chi connectivity index (χ1v) is 7.03. The maximum absolute atomic E-state index is 12.2. The lowest BCUT2D eigenvalue weighted by atomic mass is 9.97. The smallest absolute Gasteiger partial charge is 0.164 e. The Morgan fingerprint density at radius 1 is 1.33 bits per heavy atom. The van der Waals surface area contributed by atoms with Crippen LogP contribution >= 0.6 is 15.9 Å². The average molecular weight is 313 g/mol. The van der Waals surface area contributed by atoms with Crippen molar-refractivity contribution in [1.82, 2.24) is 0 Å². The van der Waals surface area contributed by atoms with E-state index in [1.807, 2.05) is 6.07 Å². The van der Waals surface area contributed by atoms with Gasteiger partial charge in [0, 0.05) is 16.5 Å². The first-order chi connectivity index (χ1) is 8.61. The minimum absolute atomic E-state index is 0.146. The Kier molecular flexibility index (Phi) is 4.27. The Bertz CT molecular complexity index is 457. The summed E-state index contributed by atoms with van der Waals surface area (Å²) >= 11 is 3.43. The zero-order chi connectivity index (χ0) is 13.1. The monoisotopic (exact) mass is 312 g/mol. The second kappa shape index (κ2) is 5.74. The number of carbonyl (C=O) groups is 1. The third kappa shape index (κ3) is 2.86. The van der Waals surface area contributed by atoms with Crippen molar-refractivity contribution in [2.24, 2.45) is 5.92 Å². The predicted octanol–water partition coefficient (Wildman–Crippen LogP) is 3.84. The topological polar surface area (TPSA) is 35.5 Å². The van der Waals surface area contributed by atoms with Gasteiger partial charge in [-0.25, -0.2) is 0 Å². The van der Waals surface area contributed by atoms with Crippen LogP contribution in [0.15, 0.2) is 16.6 Å². The largest absolute Gasteiger partial charge is 0.486 e. The maximum atomic E-state index is 12.2. The predicted molar refractivity (Wildman–Crippen MR) is 73.5 cm³/mol. The molecule has 1 atom stereocenters. The van der Waals surface area contributed by atoms with Crippen molar-refractivity contribution in [2.45, 2.75) is 26.7 Å². The minimum Gasteiger partial charge on any atom is -0.486 e. The van der Waals surface area contributed by atoms with Gasteiger partial charge in [-0.3, -0.25) is 4.79 Å². The van der Waals surface area contributed by atoms with Crippen LogP contribution in [-0.4, -0.2) is 19.0 Å². The summed E-state index contributed by atoms with van der Waals surface area (Å²) in [4.78, 5) is 12.2. The van der Waals surface area contributed by atoms with Crippen molar-refractivity contribution in [3.8, 4) is 11.5 Å². The fraction of sp³-hybridized carbons (Fsp3) is 0.500. The lowest BCUT2D eigenvalue weighted by Gasteiger charge is -2.20. The van der Waals surface area contributed by atoms with Gasteiger partial charge in [0.2, 0.25) is 0 Å². The second-order valence-corrected chi connectivity index (χ2v) is 5.47. The van der Waals surface area contributed by atoms with E-state index in [0.29, 0.717) is 42.6 Å². The van der Waals surface area contributed by atoms with Crippen molar-refractivity contribution < 1.29 is 14.3 Å². The van der Waals surface area contributed by atoms with Crippen LogP contribution in [0.4, 0.5) is 0 Å². The fourth-order valence-electron chi connectivity index (χ4n) is 1.85. The van der Waals surface area contributed by atoms with E-state index in [0.717, 1.165) is 10.9 Å². The molecule has 2 rings (SSSR count). The van der Waals surface area contributed by atoms with Gasteiger partial charge in [0.15, 0.2) is 17.3 Å². The molecule has 98 valence electrons. The molecule has 0 N–H and O–H groups in total. The first kappa shape index (κ1) is 13.4. The highest BCUT2D eigenvalue weighted by Gasteiger charge is 2.19. The molecule has 1 aromatic carbocycles. The fourth-order valence-corrected chi connectivity index (χ4v) is 2.39. The molecule has 1 unspecified atom stereocenters. The quantitative estimate of drug-likeness (QED) is 0.792. The van der Waals surface area contributed by atoms with Gasteiger partial charge in [-0.1, -0.05) is 20.3 Å². The van der Waals surface area contributed by atoms with Crippen LogP contribution in [0.5, 0.6) is 11.5 Å². The number of halogens is 1. The molecule has 1 aliphatic heterocycles. The summed E-state index contributed by atoms with van der Waals surface area (Å²) in [5.74, 6) is 1.91. The number of ketones is 1. The van der Waals surface area contributed by atoms with Gasteiger partial charge in [-0.05, 0) is 34.0 Å². The van der Waals surface area contributed by atoms with Gasteiger partial charge in [0.1, 0.15) is 13.2 Å². The molecule has 0 saturated carbocycles. The lowest BCUT2D eigenvalue weighted by molar-refractivity contribution is 0.0961. The van der Waals surface area contributed by atoms with Crippen molar-refractivity contribution in [2.75, 3.05) is 13.2 Å². The number of benzene rings is 1. The molecule has 1 aliphatic rings. The molecule has 0 saturated heterocycles. The summed E-state index contributed by atoms with van der Waals surface area (Å²) in [6.07, 6.45) is 1.57. The minimum atomic E-state index is 0.146. The van der Waals surface area contributed by atoms with Crippen LogP contribution < -0.4 is 9.47 Å². The van der Waals surface area contributed by atoms with Crippen LogP contribution in [0.2, 0.25) is 0 Å². The summed E-state index contributed by atoms with van der Waals surface area (Å²) in [7, 11) is 0. The molecule has 1 heterocycles. The molecule has 0 radical (unpaired) electrons. The zero-order valence-electron chi connectivity index (χ0n) is 10.7. The molecule has 0 aromatic heterocycles. The molecule has 0 bridgehead atoms. The Hall–Kier alpha value is -1.03. The number of Topliss-reactive ketones (excluding diaryl/α,β-unsaturated/α-hetero) is 1. The highest BCUT2D eigenvalue weighted by Crippen LogP contribution is 2.36. The SMILES string of the molecule is CCC(C)CC(=O)c1cc2c(cc1Br)OCCO2. The van der Waals surface area contributed by atoms with E-state index in [2.05, 4.69) is 29.8 Å². The van der Waals surface area contributed by atoms with Gasteiger partial charge < -0.3 is 9.47 Å². The van der Waals surface area contributed by atoms with Gasteiger partial charge >= 0.3 is 0 Å². The molecule has 0 spiro atoms. The van der Waals surface area contributed by atoms with Gasteiger partial charge in [-0.2, -0.15) is 0 Å². The Morgan fingerprint density at radius 2 is 1.94 bits per heavy atom. The molecule has 0 aliphatic carbocycles. The summed E-state index contributed by atoms with van der Waals surface area (Å²) in [5, 5.41) is 0. The molecular formula is C14H17BrO3. The van der Waals surface area contributed by atoms with E-state index in [4.69, 9.17) is 9.47 Å². The van der Waals surface area contributed by atoms with Crippen molar-refractivity contribution >= 4 is 21.7 Å². The van der Waals surface area contributed by atoms with Gasteiger partial charge in [-0.15, -0.1) is 0 Å². The Labute approximate surface area is 116 Å². The third-order valence-corrected chi connectivity index (χ3v) is 3.82. The van der Waals surface area contributed by atoms with Crippen LogP contribution in [0.3, 0.4) is 0 Å². The molecule has 1 aromatic rings. The van der Waals surface area contributed by atoms with Crippen molar-refractivity contribution in [1.29, 1.82) is 0 Å². The molecule has 0 fully saturated rings. The first-order valence-electron chi connectivity index (χ1n) is 6.24. The number of hydrogen-bond acceptors (Lipinski definition) is 3. The lowest BCUT2D eigenvalue weighted by Crippen LogP contribution is -2.16. The maximum Gasteiger partial charge on any atom is 0.164 e. The summed E-state index contributed by atoms with van der Waals surface area (Å²) in [5.41, 5.74) is 0.680. The van der Waals surface area contributed by atoms with Crippen molar-refractivity contribution in [3.05, 3.63) is 22.2 Å². The number of carbonyl (C=O) groups excluding carboxylic acids is 1. The third-order valence-electron chi connectivity index (χ3n) is 3.16. The van der Waals surface area contributed by atoms with E-state index in [9.17, 15) is 4.79 Å². The van der Waals surface area contributed by atoms with Crippen molar-refractivity contribution in [3.63, 3.8) is 0 Å². The summed E-state index contributed by atoms with van der Waals surface area (Å²) in [6.45, 7) is 5.27. The number of ether oxygens (including phenoxy) is 2. The molecule has 4 heteroatoms. The summed E-state index contributed by atoms with van der Waals surface area (Å²) < 4.78 is 11.8. The van der Waals surface area contributed by atoms with Gasteiger partial charge in [0.05, 0.1) is 0 Å². The van der Waals surface area contributed by atoms with E-state index < -0.39 is 0 Å². The number of fused-ring (bicyclic) bond motifs is 1. The number of hydrogen-bond donors (Lipinski definition) is 0. The molecule has 0 amide bonds. The zero-order valence-corrected chi connectivity index (χ0v) is 12.2. The van der Waals surface area contributed by atoms with Crippen LogP contribution in [0.25, 0.3) is 0 Å². The van der Waals surface area contributed by atoms with E-state index in [-0.39, 0.29) is 5.78 Å². The van der Waals surface area contributed by atoms with E-state index in [1.165, 1.54) is 0 Å². The Morgan fingerprint density at radius 3 is 2.56 bits per heavy atom. The highest BCUT2D eigenvalue weighted by molar-refractivity contribution is 9.10.